The first-order valence-corrected chi connectivity index (χ1v) is 25.6. The smallest absolute Gasteiger partial charge is 0.160 e. The van der Waals surface area contributed by atoms with Gasteiger partial charge in [0.1, 0.15) is 5.82 Å². The second-order valence-electron chi connectivity index (χ2n) is 19.0. The van der Waals surface area contributed by atoms with Crippen molar-refractivity contribution >= 4 is 44.7 Å². The fraction of sp³-hybridized carbons (Fsp3) is 0. The molecule has 0 saturated heterocycles. The van der Waals surface area contributed by atoms with Gasteiger partial charge in [-0.25, -0.2) is 20.0 Å². The fourth-order valence-electron chi connectivity index (χ4n) is 10.6. The maximum Gasteiger partial charge on any atom is 0.160 e. The second kappa shape index (κ2) is 18.9. The molecule has 0 spiro atoms. The van der Waals surface area contributed by atoms with Gasteiger partial charge >= 0.3 is 0 Å². The number of rotatable bonds is 10. The van der Waals surface area contributed by atoms with Gasteiger partial charge < -0.3 is 0 Å². The van der Waals surface area contributed by atoms with E-state index in [2.05, 4.69) is 281 Å². The highest BCUT2D eigenvalue weighted by Crippen LogP contribution is 2.44. The summed E-state index contributed by atoms with van der Waals surface area (Å²) in [7, 11) is 0. The predicted octanol–water partition coefficient (Wildman–Crippen LogP) is 17.5. The summed E-state index contributed by atoms with van der Waals surface area (Å²) in [6, 6.07) is 98.3. The van der Waals surface area contributed by atoms with E-state index in [-0.39, 0.29) is 0 Å². The summed E-state index contributed by atoms with van der Waals surface area (Å²) in [4.78, 5) is 16.4. The molecule has 358 valence electrons. The fourth-order valence-corrected chi connectivity index (χ4v) is 10.6. The van der Waals surface area contributed by atoms with Crippen LogP contribution in [0.5, 0.6) is 0 Å². The van der Waals surface area contributed by atoms with Crippen molar-refractivity contribution in [3.8, 4) is 84.2 Å². The van der Waals surface area contributed by atoms with Crippen LogP contribution in [0.3, 0.4) is 0 Å². The van der Waals surface area contributed by atoms with Crippen LogP contribution in [-0.2, 0) is 0 Å². The topological polar surface area (TPSA) is 62.1 Å². The van der Waals surface area contributed by atoms with Gasteiger partial charge in [0.15, 0.2) is 5.82 Å². The van der Waals surface area contributed by atoms with Crippen molar-refractivity contribution in [3.63, 3.8) is 0 Å². The minimum atomic E-state index is 0.629. The van der Waals surface area contributed by atoms with E-state index in [0.717, 1.165) is 118 Å². The zero-order chi connectivity index (χ0) is 50.4. The molecule has 0 aliphatic carbocycles. The van der Waals surface area contributed by atoms with E-state index in [4.69, 9.17) is 15.0 Å². The number of hydrazine groups is 2. The lowest BCUT2D eigenvalue weighted by molar-refractivity contribution is 0.969. The number of imidazole rings is 1. The van der Waals surface area contributed by atoms with Crippen LogP contribution >= 0.6 is 0 Å². The highest BCUT2D eigenvalue weighted by Gasteiger charge is 2.29. The number of benzene rings is 11. The van der Waals surface area contributed by atoms with Crippen molar-refractivity contribution in [2.45, 2.75) is 0 Å². The molecule has 13 aromatic rings. The van der Waals surface area contributed by atoms with Gasteiger partial charge in [0.05, 0.1) is 45.0 Å². The molecule has 14 rings (SSSR count). The van der Waals surface area contributed by atoms with Crippen molar-refractivity contribution in [2.24, 2.45) is 0 Å². The maximum atomic E-state index is 5.61. The number of aromatic nitrogens is 4. The Labute approximate surface area is 440 Å². The zero-order valence-electron chi connectivity index (χ0n) is 41.2. The third-order valence-corrected chi connectivity index (χ3v) is 14.3. The lowest BCUT2D eigenvalue weighted by Gasteiger charge is -2.31. The lowest BCUT2D eigenvalue weighted by Crippen LogP contribution is -2.38. The van der Waals surface area contributed by atoms with Crippen molar-refractivity contribution in [2.75, 3.05) is 15.6 Å². The van der Waals surface area contributed by atoms with Crippen molar-refractivity contribution in [1.82, 2.24) is 19.5 Å². The highest BCUT2D eigenvalue weighted by molar-refractivity contribution is 6.05. The average molecular weight is 974 g/mol. The summed E-state index contributed by atoms with van der Waals surface area (Å²) in [5, 5.41) is 5.25. The summed E-state index contributed by atoms with van der Waals surface area (Å²) in [6.45, 7) is 0. The van der Waals surface area contributed by atoms with E-state index >= 15 is 0 Å². The summed E-state index contributed by atoms with van der Waals surface area (Å²) < 4.78 is 2.25. The molecule has 76 heavy (non-hydrogen) atoms. The van der Waals surface area contributed by atoms with Gasteiger partial charge in [0.25, 0.3) is 0 Å². The number of fused-ring (bicyclic) bond motifs is 3. The summed E-state index contributed by atoms with van der Waals surface area (Å²) in [6.07, 6.45) is 0. The van der Waals surface area contributed by atoms with Gasteiger partial charge in [-0.05, 0) is 136 Å². The van der Waals surface area contributed by atoms with Crippen LogP contribution in [0.25, 0.3) is 106 Å². The molecule has 0 amide bonds. The Balaban J connectivity index is 0.973. The second-order valence-corrected chi connectivity index (χ2v) is 19.0. The number of hydrogen-bond acceptors (Lipinski definition) is 6. The van der Waals surface area contributed by atoms with Crippen LogP contribution in [-0.4, -0.2) is 19.5 Å². The van der Waals surface area contributed by atoms with Crippen LogP contribution in [0.4, 0.5) is 22.7 Å². The van der Waals surface area contributed by atoms with Gasteiger partial charge in [-0.15, -0.1) is 0 Å². The minimum absolute atomic E-state index is 0.629. The Morgan fingerprint density at radius 3 is 1.57 bits per heavy atom. The van der Waals surface area contributed by atoms with Gasteiger partial charge in [-0.1, -0.05) is 182 Å². The maximum absolute atomic E-state index is 5.61. The Hall–Kier alpha value is -10.4. The van der Waals surface area contributed by atoms with Gasteiger partial charge in [-0.3, -0.25) is 9.99 Å². The molecule has 2 aromatic heterocycles. The molecule has 11 aromatic carbocycles. The van der Waals surface area contributed by atoms with Crippen LogP contribution in [0.1, 0.15) is 0 Å². The third-order valence-electron chi connectivity index (χ3n) is 14.3. The molecular formula is C69H47N7. The molecular weight excluding hydrogens is 927 g/mol. The van der Waals surface area contributed by atoms with E-state index < -0.39 is 0 Å². The van der Waals surface area contributed by atoms with E-state index in [9.17, 15) is 0 Å². The molecule has 0 fully saturated rings. The van der Waals surface area contributed by atoms with Crippen molar-refractivity contribution < 1.29 is 0 Å². The first kappa shape index (κ1) is 44.3. The van der Waals surface area contributed by atoms with Crippen molar-refractivity contribution in [3.05, 3.63) is 279 Å². The molecule has 1 aliphatic heterocycles. The molecule has 7 heteroatoms. The minimum Gasteiger partial charge on any atom is -0.292 e. The lowest BCUT2D eigenvalue weighted by atomic mass is 9.91. The normalized spacial score (nSPS) is 12.0. The molecule has 0 unspecified atom stereocenters. The number of nitrogens with one attached hydrogen (secondary N) is 1. The number of nitrogens with zero attached hydrogens (tertiary/aromatic N) is 6. The summed E-state index contributed by atoms with van der Waals surface area (Å²) in [5.74, 6) is 1.52. The molecule has 1 N–H and O–H groups in total. The third kappa shape index (κ3) is 8.09. The Morgan fingerprint density at radius 2 is 0.868 bits per heavy atom. The first-order chi connectivity index (χ1) is 37.7. The van der Waals surface area contributed by atoms with E-state index in [1.807, 2.05) is 18.2 Å². The van der Waals surface area contributed by atoms with Crippen LogP contribution in [0.15, 0.2) is 279 Å². The summed E-state index contributed by atoms with van der Waals surface area (Å²) in [5.41, 5.74) is 24.2. The SMILES string of the molecule is c1ccc(-c2cccc(-c3cc(-c4cccc(-c5ccccc5)c4)c4nc(-c5ccc(N6c7ccccc7NN6c6ccccc6)cc5)nc(-c5ccc(-n6c(-c7ccccc7)nc7ccccc76)cc5)c4c3)c2)cc1. The molecule has 3 heterocycles. The molecule has 0 radical (unpaired) electrons. The molecule has 0 saturated carbocycles. The summed E-state index contributed by atoms with van der Waals surface area (Å²) >= 11 is 0. The molecule has 1 aliphatic rings. The monoisotopic (exact) mass is 973 g/mol. The Kier molecular flexibility index (Phi) is 11.0. The first-order valence-electron chi connectivity index (χ1n) is 25.6. The Bertz CT molecular complexity index is 4240. The number of anilines is 4. The molecule has 0 bridgehead atoms. The van der Waals surface area contributed by atoms with Gasteiger partial charge in [-0.2, -0.15) is 5.12 Å². The van der Waals surface area contributed by atoms with Crippen LogP contribution < -0.4 is 15.6 Å². The predicted molar refractivity (Wildman–Crippen MR) is 313 cm³/mol. The zero-order valence-corrected chi connectivity index (χ0v) is 41.2. The van der Waals surface area contributed by atoms with Gasteiger partial charge in [0, 0.05) is 33.3 Å². The van der Waals surface area contributed by atoms with Crippen LogP contribution in [0.2, 0.25) is 0 Å². The number of hydrogen-bond donors (Lipinski definition) is 1. The standard InChI is InChI=1S/C69H47N7/c1-5-19-47(20-6-1)52-25-17-27-54(43-52)56-45-60(55-28-18-26-53(44-55)48-21-7-2-8-22-48)67-61(46-56)66(49-35-39-57(40-36-49)74-64-33-15-13-31-62(64)70-69(74)51-23-9-3-10-24-51)71-68(72-67)50-37-41-58(42-38-50)75-65-34-16-14-32-63(65)73-76(75)59-29-11-4-12-30-59/h1-46,73H. The van der Waals surface area contributed by atoms with Crippen molar-refractivity contribution in [1.29, 1.82) is 0 Å². The van der Waals surface area contributed by atoms with E-state index in [1.54, 1.807) is 0 Å². The van der Waals surface area contributed by atoms with E-state index in [1.165, 1.54) is 5.56 Å². The highest BCUT2D eigenvalue weighted by atomic mass is 15.8. The molecule has 7 nitrogen and oxygen atoms in total. The largest absolute Gasteiger partial charge is 0.292 e. The number of para-hydroxylation sites is 5. The Morgan fingerprint density at radius 1 is 0.329 bits per heavy atom. The van der Waals surface area contributed by atoms with Crippen LogP contribution in [0, 0.1) is 0 Å². The van der Waals surface area contributed by atoms with Gasteiger partial charge in [0.2, 0.25) is 0 Å². The average Bonchev–Trinajstić information content (AvgIpc) is 4.14. The molecule has 0 atom stereocenters. The quantitative estimate of drug-likeness (QED) is 0.147. The van der Waals surface area contributed by atoms with E-state index in [0.29, 0.717) is 5.82 Å².